The molecule has 0 aliphatic rings. The van der Waals surface area contributed by atoms with Gasteiger partial charge >= 0.3 is 0 Å². The zero-order valence-electron chi connectivity index (χ0n) is 26.3. The van der Waals surface area contributed by atoms with Crippen molar-refractivity contribution in [3.63, 3.8) is 0 Å². The van der Waals surface area contributed by atoms with E-state index in [1.807, 2.05) is 0 Å². The van der Waals surface area contributed by atoms with Crippen molar-refractivity contribution in [2.24, 2.45) is 0 Å². The van der Waals surface area contributed by atoms with Crippen LogP contribution in [-0.4, -0.2) is 53.1 Å². The van der Waals surface area contributed by atoms with Crippen LogP contribution in [0.1, 0.15) is 155 Å². The Balaban J connectivity index is 4.24. The average molecular weight is 602 g/mol. The van der Waals surface area contributed by atoms with E-state index in [0.29, 0.717) is 6.42 Å². The third kappa shape index (κ3) is 27.4. The molecular formula is C33H63NO6S. The van der Waals surface area contributed by atoms with Crippen LogP contribution >= 0.6 is 0 Å². The molecule has 0 rings (SSSR count). The second kappa shape index (κ2) is 27.6. The van der Waals surface area contributed by atoms with Crippen LogP contribution in [0.4, 0.5) is 0 Å². The van der Waals surface area contributed by atoms with Gasteiger partial charge in [-0.05, 0) is 44.9 Å². The number of rotatable bonds is 29. The zero-order valence-corrected chi connectivity index (χ0v) is 27.1. The first-order chi connectivity index (χ1) is 19.7. The molecule has 0 bridgehead atoms. The van der Waals surface area contributed by atoms with Crippen molar-refractivity contribution in [2.75, 3.05) is 5.75 Å². The Morgan fingerprint density at radius 1 is 0.659 bits per heavy atom. The first-order valence-corrected chi connectivity index (χ1v) is 18.3. The molecule has 0 fully saturated rings. The van der Waals surface area contributed by atoms with Crippen LogP contribution in [0.3, 0.4) is 0 Å². The smallest absolute Gasteiger partial charge is 0.267 e. The minimum Gasteiger partial charge on any atom is -0.387 e. The molecule has 0 heterocycles. The largest absolute Gasteiger partial charge is 0.387 e. The summed E-state index contributed by atoms with van der Waals surface area (Å²) in [6.45, 7) is 4.45. The molecule has 0 aromatic heterocycles. The number of aliphatic hydroxyl groups excluding tert-OH is 2. The first kappa shape index (κ1) is 39.8. The minimum atomic E-state index is -4.43. The normalized spacial score (nSPS) is 14.6. The fraction of sp³-hybridized carbons (Fsp3) is 0.848. The highest BCUT2D eigenvalue weighted by Crippen LogP contribution is 2.13. The van der Waals surface area contributed by atoms with Gasteiger partial charge in [0.05, 0.1) is 17.9 Å². The molecule has 7 nitrogen and oxygen atoms in total. The van der Waals surface area contributed by atoms with Gasteiger partial charge in [0.15, 0.2) is 0 Å². The SMILES string of the molecule is CCCCCCCC/C=C\CCCCC(O)C(=O)NC(CS(=O)(=O)O)C(O)/C=C/CCCCCCCCCCCC. The lowest BCUT2D eigenvalue weighted by atomic mass is 10.1. The van der Waals surface area contributed by atoms with Crippen molar-refractivity contribution < 1.29 is 28.0 Å². The Labute approximate surface area is 252 Å². The second-order valence-corrected chi connectivity index (χ2v) is 13.1. The molecule has 3 atom stereocenters. The van der Waals surface area contributed by atoms with Crippen LogP contribution in [0, 0.1) is 0 Å². The number of aliphatic hydroxyl groups is 2. The molecule has 0 aliphatic heterocycles. The summed E-state index contributed by atoms with van der Waals surface area (Å²) in [5, 5.41) is 23.2. The fourth-order valence-electron chi connectivity index (χ4n) is 4.86. The molecule has 41 heavy (non-hydrogen) atoms. The summed E-state index contributed by atoms with van der Waals surface area (Å²) in [7, 11) is -4.43. The first-order valence-electron chi connectivity index (χ1n) is 16.6. The molecular weight excluding hydrogens is 538 g/mol. The Morgan fingerprint density at radius 3 is 1.54 bits per heavy atom. The van der Waals surface area contributed by atoms with E-state index < -0.39 is 40.0 Å². The number of nitrogens with one attached hydrogen (secondary N) is 1. The van der Waals surface area contributed by atoms with Crippen LogP contribution < -0.4 is 5.32 Å². The highest BCUT2D eigenvalue weighted by atomic mass is 32.2. The van der Waals surface area contributed by atoms with Crippen molar-refractivity contribution >= 4 is 16.0 Å². The van der Waals surface area contributed by atoms with Crippen molar-refractivity contribution in [2.45, 2.75) is 173 Å². The van der Waals surface area contributed by atoms with E-state index >= 15 is 0 Å². The molecule has 0 saturated heterocycles. The molecule has 0 spiro atoms. The van der Waals surface area contributed by atoms with Gasteiger partial charge < -0.3 is 15.5 Å². The summed E-state index contributed by atoms with van der Waals surface area (Å²) in [5.74, 6) is -1.56. The molecule has 0 aromatic carbocycles. The number of unbranched alkanes of at least 4 members (excludes halogenated alkanes) is 18. The number of amides is 1. The average Bonchev–Trinajstić information content (AvgIpc) is 2.92. The Bertz CT molecular complexity index is 768. The van der Waals surface area contributed by atoms with Crippen molar-refractivity contribution in [1.82, 2.24) is 5.32 Å². The monoisotopic (exact) mass is 601 g/mol. The molecule has 4 N–H and O–H groups in total. The second-order valence-electron chi connectivity index (χ2n) is 11.6. The van der Waals surface area contributed by atoms with Gasteiger partial charge in [0.1, 0.15) is 6.10 Å². The maximum atomic E-state index is 12.5. The number of hydrogen-bond donors (Lipinski definition) is 4. The predicted octanol–water partition coefficient (Wildman–Crippen LogP) is 7.82. The van der Waals surface area contributed by atoms with Gasteiger partial charge in [0.25, 0.3) is 10.1 Å². The van der Waals surface area contributed by atoms with Crippen LogP contribution in [-0.2, 0) is 14.9 Å². The van der Waals surface area contributed by atoms with Gasteiger partial charge in [-0.1, -0.05) is 134 Å². The Hall–Kier alpha value is -1.22. The molecule has 1 amide bonds. The number of hydrogen-bond acceptors (Lipinski definition) is 5. The van der Waals surface area contributed by atoms with E-state index in [9.17, 15) is 28.0 Å². The van der Waals surface area contributed by atoms with Crippen LogP contribution in [0.5, 0.6) is 0 Å². The Kier molecular flexibility index (Phi) is 26.8. The predicted molar refractivity (Wildman–Crippen MR) is 172 cm³/mol. The number of allylic oxidation sites excluding steroid dienone is 3. The summed E-state index contributed by atoms with van der Waals surface area (Å²) < 4.78 is 32.2. The quantitative estimate of drug-likeness (QED) is 0.0394. The highest BCUT2D eigenvalue weighted by molar-refractivity contribution is 7.85. The molecule has 242 valence electrons. The maximum absolute atomic E-state index is 12.5. The topological polar surface area (TPSA) is 124 Å². The van der Waals surface area contributed by atoms with Crippen LogP contribution in [0.15, 0.2) is 24.3 Å². The van der Waals surface area contributed by atoms with Crippen LogP contribution in [0.25, 0.3) is 0 Å². The summed E-state index contributed by atoms with van der Waals surface area (Å²) in [4.78, 5) is 12.5. The van der Waals surface area contributed by atoms with Gasteiger partial charge in [-0.25, -0.2) is 0 Å². The molecule has 0 radical (unpaired) electrons. The molecule has 8 heteroatoms. The summed E-state index contributed by atoms with van der Waals surface area (Å²) in [6, 6.07) is -1.24. The van der Waals surface area contributed by atoms with Gasteiger partial charge in [0, 0.05) is 0 Å². The van der Waals surface area contributed by atoms with Gasteiger partial charge in [-0.3, -0.25) is 9.35 Å². The van der Waals surface area contributed by atoms with Crippen molar-refractivity contribution in [3.05, 3.63) is 24.3 Å². The lowest BCUT2D eigenvalue weighted by molar-refractivity contribution is -0.130. The van der Waals surface area contributed by atoms with E-state index in [1.165, 1.54) is 96.0 Å². The van der Waals surface area contributed by atoms with E-state index in [1.54, 1.807) is 6.08 Å². The molecule has 0 aliphatic carbocycles. The highest BCUT2D eigenvalue weighted by Gasteiger charge is 2.27. The van der Waals surface area contributed by atoms with E-state index in [-0.39, 0.29) is 6.42 Å². The van der Waals surface area contributed by atoms with E-state index in [4.69, 9.17) is 0 Å². The lowest BCUT2D eigenvalue weighted by Crippen LogP contribution is -2.50. The molecule has 3 unspecified atom stereocenters. The number of carbonyl (C=O) groups is 1. The third-order valence-electron chi connectivity index (χ3n) is 7.48. The maximum Gasteiger partial charge on any atom is 0.267 e. The van der Waals surface area contributed by atoms with Gasteiger partial charge in [-0.15, -0.1) is 0 Å². The van der Waals surface area contributed by atoms with Crippen molar-refractivity contribution in [1.29, 1.82) is 0 Å². The summed E-state index contributed by atoms with van der Waals surface area (Å²) in [6.07, 6.45) is 29.5. The van der Waals surface area contributed by atoms with Crippen LogP contribution in [0.2, 0.25) is 0 Å². The van der Waals surface area contributed by atoms with Gasteiger partial charge in [-0.2, -0.15) is 8.42 Å². The minimum absolute atomic E-state index is 0.250. The molecule has 0 saturated carbocycles. The van der Waals surface area contributed by atoms with E-state index in [2.05, 4.69) is 31.3 Å². The fourth-order valence-corrected chi connectivity index (χ4v) is 5.59. The zero-order chi connectivity index (χ0) is 30.6. The standard InChI is InChI=1S/C33H63NO6S/c1-3-5-7-9-11-13-15-17-19-21-23-25-27-31(35)30(29-41(38,39)40)34-33(37)32(36)28-26-24-22-20-18-16-14-12-10-8-6-4-2/h18,20,25,27,30-32,35-36H,3-17,19,21-24,26,28-29H2,1-2H3,(H,34,37)(H,38,39,40)/b20-18-,27-25+. The summed E-state index contributed by atoms with van der Waals surface area (Å²) in [5.41, 5.74) is 0. The summed E-state index contributed by atoms with van der Waals surface area (Å²) >= 11 is 0. The lowest BCUT2D eigenvalue weighted by Gasteiger charge is -2.22. The number of carbonyl (C=O) groups excluding carboxylic acids is 1. The molecule has 0 aromatic rings. The third-order valence-corrected chi connectivity index (χ3v) is 8.26. The van der Waals surface area contributed by atoms with E-state index in [0.717, 1.165) is 38.5 Å². The van der Waals surface area contributed by atoms with Gasteiger partial charge in [0.2, 0.25) is 5.91 Å². The van der Waals surface area contributed by atoms with Crippen molar-refractivity contribution in [3.8, 4) is 0 Å². The Morgan fingerprint density at radius 2 is 1.07 bits per heavy atom.